The van der Waals surface area contributed by atoms with Crippen LogP contribution in [0.2, 0.25) is 0 Å². The van der Waals surface area contributed by atoms with Crippen LogP contribution >= 0.6 is 11.8 Å². The number of benzene rings is 1. The number of carboxylic acid groups (broad SMARTS) is 1. The van der Waals surface area contributed by atoms with Crippen LogP contribution in [-0.2, 0) is 11.2 Å². The molecule has 1 rings (SSSR count). The first kappa shape index (κ1) is 16.8. The number of carbonyl (C=O) groups is 1. The third-order valence-corrected chi connectivity index (χ3v) is 2.39. The summed E-state index contributed by atoms with van der Waals surface area (Å²) in [7, 11) is 0. The van der Waals surface area contributed by atoms with E-state index in [4.69, 9.17) is 15.6 Å². The highest BCUT2D eigenvalue weighted by Gasteiger charge is 2.11. The summed E-state index contributed by atoms with van der Waals surface area (Å²) in [6, 6.07) is 6.45. The Labute approximate surface area is 113 Å². The summed E-state index contributed by atoms with van der Waals surface area (Å²) in [6.45, 7) is 4.00. The molecule has 18 heavy (non-hydrogen) atoms. The van der Waals surface area contributed by atoms with Gasteiger partial charge in [0.15, 0.2) is 0 Å². The Morgan fingerprint density at radius 3 is 2.39 bits per heavy atom. The van der Waals surface area contributed by atoms with Crippen LogP contribution in [0, 0.1) is 0 Å². The van der Waals surface area contributed by atoms with Crippen molar-refractivity contribution in [1.82, 2.24) is 0 Å². The van der Waals surface area contributed by atoms with Crippen LogP contribution < -0.4 is 10.5 Å². The molecule has 0 unspecified atom stereocenters. The Kier molecular flexibility index (Phi) is 9.14. The number of hydrogen-bond donors (Lipinski definition) is 2. The maximum Gasteiger partial charge on any atom is 0.320 e. The average Bonchev–Trinajstić information content (AvgIpc) is 2.40. The summed E-state index contributed by atoms with van der Waals surface area (Å²) in [6.07, 6.45) is 2.29. The standard InChI is InChI=1S/C11H15NO3S.C2H6/c1-16-7-15-9-4-2-8(3-5-9)6-10(12)11(13)14;1-2/h2-5,10H,6-7,12H2,1H3,(H,13,14);1-2H3/t10-;/m1./s1. The monoisotopic (exact) mass is 271 g/mol. The van der Waals surface area contributed by atoms with Crippen molar-refractivity contribution in [3.63, 3.8) is 0 Å². The topological polar surface area (TPSA) is 72.5 Å². The zero-order chi connectivity index (χ0) is 14.0. The second kappa shape index (κ2) is 9.79. The minimum atomic E-state index is -0.984. The molecule has 0 aliphatic heterocycles. The highest BCUT2D eigenvalue weighted by molar-refractivity contribution is 7.98. The molecule has 0 amide bonds. The highest BCUT2D eigenvalue weighted by atomic mass is 32.2. The van der Waals surface area contributed by atoms with Crippen LogP contribution in [0.15, 0.2) is 24.3 Å². The Morgan fingerprint density at radius 2 is 1.94 bits per heavy atom. The van der Waals surface area contributed by atoms with E-state index in [0.717, 1.165) is 11.3 Å². The molecular formula is C13H21NO3S. The fourth-order valence-electron chi connectivity index (χ4n) is 1.19. The van der Waals surface area contributed by atoms with E-state index in [1.807, 2.05) is 44.4 Å². The van der Waals surface area contributed by atoms with E-state index in [-0.39, 0.29) is 0 Å². The van der Waals surface area contributed by atoms with E-state index in [1.54, 1.807) is 11.8 Å². The zero-order valence-corrected chi connectivity index (χ0v) is 11.9. The van der Waals surface area contributed by atoms with Crippen molar-refractivity contribution in [3.05, 3.63) is 29.8 Å². The van der Waals surface area contributed by atoms with Gasteiger partial charge in [0, 0.05) is 0 Å². The molecule has 0 aromatic heterocycles. The quantitative estimate of drug-likeness (QED) is 0.777. The van der Waals surface area contributed by atoms with E-state index >= 15 is 0 Å². The summed E-state index contributed by atoms with van der Waals surface area (Å²) in [5.74, 6) is 0.401. The molecule has 102 valence electrons. The lowest BCUT2D eigenvalue weighted by molar-refractivity contribution is -0.138. The molecule has 0 aliphatic carbocycles. The molecule has 0 heterocycles. The Morgan fingerprint density at radius 1 is 1.39 bits per heavy atom. The van der Waals surface area contributed by atoms with Gasteiger partial charge in [-0.15, -0.1) is 11.8 Å². The van der Waals surface area contributed by atoms with Gasteiger partial charge in [0.25, 0.3) is 0 Å². The summed E-state index contributed by atoms with van der Waals surface area (Å²) in [4.78, 5) is 10.6. The minimum Gasteiger partial charge on any atom is -0.483 e. The van der Waals surface area contributed by atoms with Crippen molar-refractivity contribution < 1.29 is 14.6 Å². The third-order valence-electron chi connectivity index (χ3n) is 2.04. The molecule has 5 heteroatoms. The minimum absolute atomic E-state index is 0.331. The lowest BCUT2D eigenvalue weighted by Gasteiger charge is -2.08. The first-order valence-corrected chi connectivity index (χ1v) is 7.22. The largest absolute Gasteiger partial charge is 0.483 e. The van der Waals surface area contributed by atoms with E-state index in [1.165, 1.54) is 0 Å². The number of hydrogen-bond acceptors (Lipinski definition) is 4. The maximum atomic E-state index is 10.6. The maximum absolute atomic E-state index is 10.6. The molecule has 1 atom stereocenters. The zero-order valence-electron chi connectivity index (χ0n) is 11.1. The molecule has 1 aromatic carbocycles. The lowest BCUT2D eigenvalue weighted by Crippen LogP contribution is -2.32. The molecule has 0 fully saturated rings. The van der Waals surface area contributed by atoms with E-state index in [0.29, 0.717) is 12.4 Å². The van der Waals surface area contributed by atoms with Crippen LogP contribution in [0.4, 0.5) is 0 Å². The van der Waals surface area contributed by atoms with Crippen LogP contribution in [0.25, 0.3) is 0 Å². The van der Waals surface area contributed by atoms with Gasteiger partial charge in [-0.2, -0.15) is 0 Å². The predicted molar refractivity (Wildman–Crippen MR) is 76.1 cm³/mol. The number of thioether (sulfide) groups is 1. The van der Waals surface area contributed by atoms with Gasteiger partial charge < -0.3 is 15.6 Å². The SMILES string of the molecule is CC.CSCOc1ccc(C[C@@H](N)C(=O)O)cc1. The molecule has 4 nitrogen and oxygen atoms in total. The van der Waals surface area contributed by atoms with Gasteiger partial charge >= 0.3 is 5.97 Å². The number of aliphatic carboxylic acids is 1. The van der Waals surface area contributed by atoms with Crippen molar-refractivity contribution in [2.45, 2.75) is 26.3 Å². The van der Waals surface area contributed by atoms with Gasteiger partial charge in [0.1, 0.15) is 17.7 Å². The van der Waals surface area contributed by atoms with Crippen LogP contribution in [-0.4, -0.2) is 29.3 Å². The lowest BCUT2D eigenvalue weighted by atomic mass is 10.1. The molecule has 1 aromatic rings. The summed E-state index contributed by atoms with van der Waals surface area (Å²) < 4.78 is 5.38. The van der Waals surface area contributed by atoms with Gasteiger partial charge in [-0.3, -0.25) is 4.79 Å². The Bertz CT molecular complexity index is 341. The summed E-state index contributed by atoms with van der Waals surface area (Å²) in [5, 5.41) is 8.66. The number of ether oxygens (including phenoxy) is 1. The van der Waals surface area contributed by atoms with Crippen LogP contribution in [0.3, 0.4) is 0 Å². The van der Waals surface area contributed by atoms with E-state index in [2.05, 4.69) is 0 Å². The fraction of sp³-hybridized carbons (Fsp3) is 0.462. The van der Waals surface area contributed by atoms with Gasteiger partial charge in [0.05, 0.1) is 0 Å². The molecule has 0 saturated carbocycles. The number of rotatable bonds is 6. The first-order valence-electron chi connectivity index (χ1n) is 5.82. The van der Waals surface area contributed by atoms with Gasteiger partial charge in [0.2, 0.25) is 0 Å². The molecule has 0 spiro atoms. The molecule has 0 radical (unpaired) electrons. The fourth-order valence-corrected chi connectivity index (χ4v) is 1.44. The third kappa shape index (κ3) is 6.51. The van der Waals surface area contributed by atoms with E-state index < -0.39 is 12.0 Å². The van der Waals surface area contributed by atoms with Crippen molar-refractivity contribution in [2.75, 3.05) is 12.2 Å². The summed E-state index contributed by atoms with van der Waals surface area (Å²) in [5.41, 5.74) is 6.33. The van der Waals surface area contributed by atoms with Crippen molar-refractivity contribution >= 4 is 17.7 Å². The second-order valence-electron chi connectivity index (χ2n) is 3.34. The smallest absolute Gasteiger partial charge is 0.320 e. The normalized spacial score (nSPS) is 11.1. The van der Waals surface area contributed by atoms with Crippen LogP contribution in [0.5, 0.6) is 5.75 Å². The highest BCUT2D eigenvalue weighted by Crippen LogP contribution is 2.14. The van der Waals surface area contributed by atoms with Crippen molar-refractivity contribution in [2.24, 2.45) is 5.73 Å². The average molecular weight is 271 g/mol. The first-order chi connectivity index (χ1) is 8.63. The molecule has 0 aliphatic rings. The number of nitrogens with two attached hydrogens (primary N) is 1. The van der Waals surface area contributed by atoms with Crippen molar-refractivity contribution in [3.8, 4) is 5.75 Å². The predicted octanol–water partition coefficient (Wildman–Crippen LogP) is 2.37. The van der Waals surface area contributed by atoms with Crippen LogP contribution in [0.1, 0.15) is 19.4 Å². The van der Waals surface area contributed by atoms with E-state index in [9.17, 15) is 4.79 Å². The molecular weight excluding hydrogens is 250 g/mol. The Hall–Kier alpha value is -1.20. The Balaban J connectivity index is 0.00000137. The second-order valence-corrected chi connectivity index (χ2v) is 4.16. The summed E-state index contributed by atoms with van der Waals surface area (Å²) >= 11 is 1.60. The number of carboxylic acids is 1. The van der Waals surface area contributed by atoms with Gasteiger partial charge in [-0.25, -0.2) is 0 Å². The van der Waals surface area contributed by atoms with Crippen molar-refractivity contribution in [1.29, 1.82) is 0 Å². The molecule has 3 N–H and O–H groups in total. The van der Waals surface area contributed by atoms with Gasteiger partial charge in [-0.05, 0) is 30.4 Å². The molecule has 0 bridgehead atoms. The molecule has 0 saturated heterocycles. The van der Waals surface area contributed by atoms with Gasteiger partial charge in [-0.1, -0.05) is 26.0 Å².